The van der Waals surface area contributed by atoms with Crippen LogP contribution in [0.1, 0.15) is 19.3 Å². The number of nitrogens with one attached hydrogen (secondary N) is 1. The lowest BCUT2D eigenvalue weighted by molar-refractivity contribution is -0.135. The fourth-order valence-corrected chi connectivity index (χ4v) is 2.59. The molecule has 2 N–H and O–H groups in total. The van der Waals surface area contributed by atoms with E-state index in [1.807, 2.05) is 5.01 Å². The van der Waals surface area contributed by atoms with Crippen molar-refractivity contribution in [2.75, 3.05) is 38.2 Å². The van der Waals surface area contributed by atoms with Gasteiger partial charge in [-0.05, 0) is 37.1 Å². The highest BCUT2D eigenvalue weighted by Crippen LogP contribution is 2.19. The smallest absolute Gasteiger partial charge is 0.323 e. The molecule has 0 aliphatic carbocycles. The zero-order valence-electron chi connectivity index (χ0n) is 13.3. The number of rotatable bonds is 7. The van der Waals surface area contributed by atoms with E-state index in [1.54, 1.807) is 31.4 Å². The van der Waals surface area contributed by atoms with Gasteiger partial charge in [-0.3, -0.25) is 15.0 Å². The molecule has 1 heterocycles. The average Bonchev–Trinajstić information content (AvgIpc) is 2.55. The minimum Gasteiger partial charge on any atom is -0.497 e. The quantitative estimate of drug-likeness (QED) is 0.783. The molecule has 1 fully saturated rings. The van der Waals surface area contributed by atoms with E-state index in [2.05, 4.69) is 5.43 Å². The van der Waals surface area contributed by atoms with Crippen molar-refractivity contribution in [2.45, 2.75) is 19.3 Å². The van der Waals surface area contributed by atoms with E-state index in [0.717, 1.165) is 25.9 Å². The molecular weight excluding hydrogens is 298 g/mol. The maximum absolute atomic E-state index is 12.2. The standard InChI is InChI=1S/C16H23N3O4/c1-23-14-7-5-13(6-8-14)18(12-16(21)22)11-15(20)17-19-9-3-2-4-10-19/h5-8H,2-4,9-12H2,1H3,(H,17,20)(H,21,22). The highest BCUT2D eigenvalue weighted by atomic mass is 16.5. The lowest BCUT2D eigenvalue weighted by Gasteiger charge is -2.29. The Kier molecular flexibility index (Phi) is 6.22. The Hall–Kier alpha value is -2.28. The van der Waals surface area contributed by atoms with E-state index in [-0.39, 0.29) is 19.0 Å². The summed E-state index contributed by atoms with van der Waals surface area (Å²) in [6, 6.07) is 6.98. The molecule has 23 heavy (non-hydrogen) atoms. The van der Waals surface area contributed by atoms with E-state index in [0.29, 0.717) is 11.4 Å². The van der Waals surface area contributed by atoms with Crippen molar-refractivity contribution in [1.29, 1.82) is 0 Å². The summed E-state index contributed by atoms with van der Waals surface area (Å²) in [5, 5.41) is 11.0. The first-order valence-corrected chi connectivity index (χ1v) is 7.73. The number of anilines is 1. The van der Waals surface area contributed by atoms with Gasteiger partial charge in [0.15, 0.2) is 0 Å². The zero-order valence-corrected chi connectivity index (χ0v) is 13.3. The van der Waals surface area contributed by atoms with Crippen molar-refractivity contribution >= 4 is 17.6 Å². The number of hydrogen-bond acceptors (Lipinski definition) is 5. The third-order valence-corrected chi connectivity index (χ3v) is 3.74. The number of hydrazine groups is 1. The first kappa shape index (κ1) is 17.1. The molecule has 1 saturated heterocycles. The number of carboxylic acid groups (broad SMARTS) is 1. The fraction of sp³-hybridized carbons (Fsp3) is 0.500. The van der Waals surface area contributed by atoms with Gasteiger partial charge in [0, 0.05) is 18.8 Å². The van der Waals surface area contributed by atoms with Crippen LogP contribution in [0.25, 0.3) is 0 Å². The van der Waals surface area contributed by atoms with Crippen LogP contribution in [0.4, 0.5) is 5.69 Å². The summed E-state index contributed by atoms with van der Waals surface area (Å²) in [4.78, 5) is 24.8. The second kappa shape index (κ2) is 8.38. The minimum absolute atomic E-state index is 0.00483. The summed E-state index contributed by atoms with van der Waals surface area (Å²) in [6.07, 6.45) is 3.32. The van der Waals surface area contributed by atoms with Crippen molar-refractivity contribution < 1.29 is 19.4 Å². The van der Waals surface area contributed by atoms with E-state index in [9.17, 15) is 9.59 Å². The highest BCUT2D eigenvalue weighted by molar-refractivity contribution is 5.83. The molecule has 7 nitrogen and oxygen atoms in total. The topological polar surface area (TPSA) is 82.1 Å². The van der Waals surface area contributed by atoms with Gasteiger partial charge in [-0.25, -0.2) is 5.01 Å². The predicted octanol–water partition coefficient (Wildman–Crippen LogP) is 1.10. The van der Waals surface area contributed by atoms with Gasteiger partial charge in [-0.1, -0.05) is 6.42 Å². The second-order valence-corrected chi connectivity index (χ2v) is 5.53. The van der Waals surface area contributed by atoms with Crippen molar-refractivity contribution in [3.8, 4) is 5.75 Å². The fourth-order valence-electron chi connectivity index (χ4n) is 2.59. The van der Waals surface area contributed by atoms with Crippen LogP contribution in [-0.4, -0.2) is 55.3 Å². The monoisotopic (exact) mass is 321 g/mol. The molecule has 2 rings (SSSR count). The molecule has 0 atom stereocenters. The van der Waals surface area contributed by atoms with E-state index >= 15 is 0 Å². The predicted molar refractivity (Wildman–Crippen MR) is 86.4 cm³/mol. The van der Waals surface area contributed by atoms with Gasteiger partial charge in [0.2, 0.25) is 0 Å². The summed E-state index contributed by atoms with van der Waals surface area (Å²) < 4.78 is 5.09. The number of aliphatic carboxylic acids is 1. The average molecular weight is 321 g/mol. The molecule has 1 amide bonds. The molecule has 1 aromatic carbocycles. The first-order valence-electron chi connectivity index (χ1n) is 7.73. The number of nitrogens with zero attached hydrogens (tertiary/aromatic N) is 2. The van der Waals surface area contributed by atoms with Gasteiger partial charge < -0.3 is 14.7 Å². The second-order valence-electron chi connectivity index (χ2n) is 5.53. The van der Waals surface area contributed by atoms with Crippen LogP contribution in [0, 0.1) is 0 Å². The molecule has 126 valence electrons. The molecule has 0 bridgehead atoms. The highest BCUT2D eigenvalue weighted by Gasteiger charge is 2.18. The largest absolute Gasteiger partial charge is 0.497 e. The van der Waals surface area contributed by atoms with Crippen LogP contribution in [0.5, 0.6) is 5.75 Å². The van der Waals surface area contributed by atoms with Gasteiger partial charge in [-0.2, -0.15) is 0 Å². The molecule has 7 heteroatoms. The Morgan fingerprint density at radius 2 is 1.83 bits per heavy atom. The van der Waals surface area contributed by atoms with Crippen molar-refractivity contribution in [1.82, 2.24) is 10.4 Å². The van der Waals surface area contributed by atoms with Crippen LogP contribution >= 0.6 is 0 Å². The number of hydrogen-bond donors (Lipinski definition) is 2. The minimum atomic E-state index is -0.980. The number of methoxy groups -OCH3 is 1. The summed E-state index contributed by atoms with van der Waals surface area (Å²) in [5.41, 5.74) is 3.52. The third-order valence-electron chi connectivity index (χ3n) is 3.74. The lowest BCUT2D eigenvalue weighted by Crippen LogP contribution is -2.49. The summed E-state index contributed by atoms with van der Waals surface area (Å²) >= 11 is 0. The first-order chi connectivity index (χ1) is 11.1. The number of piperidine rings is 1. The molecule has 0 aromatic heterocycles. The number of carbonyl (C=O) groups is 2. The molecule has 1 aliphatic heterocycles. The summed E-state index contributed by atoms with van der Waals surface area (Å²) in [6.45, 7) is 1.44. The van der Waals surface area contributed by atoms with Crippen LogP contribution in [0.3, 0.4) is 0 Å². The van der Waals surface area contributed by atoms with Gasteiger partial charge in [0.1, 0.15) is 12.3 Å². The van der Waals surface area contributed by atoms with E-state index in [4.69, 9.17) is 9.84 Å². The van der Waals surface area contributed by atoms with Crippen molar-refractivity contribution in [3.05, 3.63) is 24.3 Å². The SMILES string of the molecule is COc1ccc(N(CC(=O)O)CC(=O)NN2CCCCC2)cc1. The Bertz CT molecular complexity index is 527. The molecule has 0 unspecified atom stereocenters. The van der Waals surface area contributed by atoms with Gasteiger partial charge in [0.25, 0.3) is 5.91 Å². The summed E-state index contributed by atoms with van der Waals surface area (Å²) in [7, 11) is 1.57. The molecule has 1 aliphatic rings. The third kappa shape index (κ3) is 5.45. The van der Waals surface area contributed by atoms with Gasteiger partial charge in [0.05, 0.1) is 13.7 Å². The Balaban J connectivity index is 1.99. The van der Waals surface area contributed by atoms with E-state index < -0.39 is 5.97 Å². The Morgan fingerprint density at radius 1 is 1.17 bits per heavy atom. The Morgan fingerprint density at radius 3 is 2.39 bits per heavy atom. The van der Waals surface area contributed by atoms with Gasteiger partial charge >= 0.3 is 5.97 Å². The number of ether oxygens (including phenoxy) is 1. The maximum Gasteiger partial charge on any atom is 0.323 e. The van der Waals surface area contributed by atoms with Crippen LogP contribution in [0.2, 0.25) is 0 Å². The van der Waals surface area contributed by atoms with Crippen LogP contribution in [-0.2, 0) is 9.59 Å². The van der Waals surface area contributed by atoms with Crippen molar-refractivity contribution in [3.63, 3.8) is 0 Å². The lowest BCUT2D eigenvalue weighted by atomic mass is 10.2. The normalized spacial score (nSPS) is 15.0. The van der Waals surface area contributed by atoms with Crippen LogP contribution in [0.15, 0.2) is 24.3 Å². The van der Waals surface area contributed by atoms with Crippen LogP contribution < -0.4 is 15.1 Å². The number of benzene rings is 1. The maximum atomic E-state index is 12.2. The number of carboxylic acids is 1. The van der Waals surface area contributed by atoms with Gasteiger partial charge in [-0.15, -0.1) is 0 Å². The summed E-state index contributed by atoms with van der Waals surface area (Å²) in [5.74, 6) is -0.502. The number of carbonyl (C=O) groups excluding carboxylic acids is 1. The molecule has 0 radical (unpaired) electrons. The molecule has 0 spiro atoms. The molecule has 0 saturated carbocycles. The zero-order chi connectivity index (χ0) is 16.7. The van der Waals surface area contributed by atoms with E-state index in [1.165, 1.54) is 11.3 Å². The molecule has 1 aromatic rings. The molecular formula is C16H23N3O4. The van der Waals surface area contributed by atoms with Crippen molar-refractivity contribution in [2.24, 2.45) is 0 Å². The number of amides is 1. The Labute approximate surface area is 135 Å².